The van der Waals surface area contributed by atoms with Crippen LogP contribution in [0, 0.1) is 17.0 Å². The number of halogens is 1. The van der Waals surface area contributed by atoms with E-state index >= 15 is 0 Å². The third-order valence-electron chi connectivity index (χ3n) is 2.53. The van der Waals surface area contributed by atoms with Crippen molar-refractivity contribution in [2.45, 2.75) is 6.92 Å². The van der Waals surface area contributed by atoms with Crippen LogP contribution in [0.1, 0.15) is 15.9 Å². The number of nitro groups is 1. The zero-order valence-electron chi connectivity index (χ0n) is 10.5. The van der Waals surface area contributed by atoms with Crippen LogP contribution in [0.3, 0.4) is 0 Å². The highest BCUT2D eigenvalue weighted by Crippen LogP contribution is 2.20. The minimum absolute atomic E-state index is 0.137. The predicted octanol–water partition coefficient (Wildman–Crippen LogP) is 3.20. The van der Waals surface area contributed by atoms with E-state index in [9.17, 15) is 14.9 Å². The van der Waals surface area contributed by atoms with Crippen LogP contribution >= 0.6 is 11.6 Å². The molecule has 0 saturated heterocycles. The van der Waals surface area contributed by atoms with Crippen LogP contribution in [0.25, 0.3) is 0 Å². The van der Waals surface area contributed by atoms with E-state index in [-0.39, 0.29) is 17.1 Å². The largest absolute Gasteiger partial charge is 0.305 e. The van der Waals surface area contributed by atoms with Gasteiger partial charge in [-0.2, -0.15) is 0 Å². The molecule has 0 aliphatic carbocycles. The molecule has 2 rings (SSSR count). The number of hydrogen-bond donors (Lipinski definition) is 1. The van der Waals surface area contributed by atoms with Crippen LogP contribution in [0.5, 0.6) is 0 Å². The maximum atomic E-state index is 12.1. The molecule has 1 aromatic carbocycles. The van der Waals surface area contributed by atoms with Gasteiger partial charge in [-0.25, -0.2) is 4.98 Å². The number of nitrogens with zero attached hydrogens (tertiary/aromatic N) is 2. The highest BCUT2D eigenvalue weighted by atomic mass is 35.5. The Kier molecular flexibility index (Phi) is 3.95. The van der Waals surface area contributed by atoms with Gasteiger partial charge in [-0.3, -0.25) is 14.9 Å². The van der Waals surface area contributed by atoms with Gasteiger partial charge in [0, 0.05) is 23.9 Å². The van der Waals surface area contributed by atoms with E-state index in [0.29, 0.717) is 10.6 Å². The van der Waals surface area contributed by atoms with Crippen molar-refractivity contribution in [1.29, 1.82) is 0 Å². The summed E-state index contributed by atoms with van der Waals surface area (Å²) in [6, 6.07) is 7.38. The van der Waals surface area contributed by atoms with Gasteiger partial charge in [0.1, 0.15) is 0 Å². The van der Waals surface area contributed by atoms with Crippen molar-refractivity contribution in [3.8, 4) is 0 Å². The number of nitrogens with one attached hydrogen (secondary N) is 1. The Morgan fingerprint density at radius 3 is 2.80 bits per heavy atom. The number of rotatable bonds is 3. The Bertz CT molecular complexity index is 688. The maximum absolute atomic E-state index is 12.1. The zero-order chi connectivity index (χ0) is 14.7. The van der Waals surface area contributed by atoms with Gasteiger partial charge in [0.2, 0.25) is 0 Å². The molecule has 20 heavy (non-hydrogen) atoms. The summed E-state index contributed by atoms with van der Waals surface area (Å²) in [6.07, 6.45) is 1.49. The summed E-state index contributed by atoms with van der Waals surface area (Å²) in [5.41, 5.74) is 0.664. The van der Waals surface area contributed by atoms with E-state index in [1.54, 1.807) is 25.1 Å². The molecule has 1 aromatic heterocycles. The fraction of sp³-hybridized carbons (Fsp3) is 0.0769. The molecular weight excluding hydrogens is 282 g/mol. The number of non-ortho nitro benzene ring substituents is 1. The lowest BCUT2D eigenvalue weighted by molar-refractivity contribution is -0.384. The summed E-state index contributed by atoms with van der Waals surface area (Å²) >= 11 is 5.88. The number of amides is 1. The molecule has 0 aliphatic heterocycles. The van der Waals surface area contributed by atoms with Crippen LogP contribution in [0.4, 0.5) is 11.5 Å². The minimum atomic E-state index is -0.544. The minimum Gasteiger partial charge on any atom is -0.305 e. The summed E-state index contributed by atoms with van der Waals surface area (Å²) in [7, 11) is 0. The first-order valence-corrected chi connectivity index (χ1v) is 6.03. The highest BCUT2D eigenvalue weighted by molar-refractivity contribution is 6.33. The van der Waals surface area contributed by atoms with Crippen LogP contribution in [0.2, 0.25) is 5.02 Å². The Morgan fingerprint density at radius 2 is 2.15 bits per heavy atom. The third kappa shape index (κ3) is 3.10. The van der Waals surface area contributed by atoms with Gasteiger partial charge in [0.05, 0.1) is 9.95 Å². The number of hydrogen-bond acceptors (Lipinski definition) is 4. The lowest BCUT2D eigenvalue weighted by atomic mass is 10.1. The van der Waals surface area contributed by atoms with Crippen molar-refractivity contribution < 1.29 is 9.72 Å². The van der Waals surface area contributed by atoms with Gasteiger partial charge in [-0.15, -0.1) is 0 Å². The molecule has 0 spiro atoms. The van der Waals surface area contributed by atoms with Gasteiger partial charge in [0.25, 0.3) is 11.6 Å². The Hall–Kier alpha value is -2.47. The lowest BCUT2D eigenvalue weighted by Crippen LogP contribution is -2.13. The molecule has 1 N–H and O–H groups in total. The number of pyridine rings is 1. The quantitative estimate of drug-likeness (QED) is 0.695. The topological polar surface area (TPSA) is 85.1 Å². The van der Waals surface area contributed by atoms with Crippen molar-refractivity contribution in [1.82, 2.24) is 4.98 Å². The number of carbonyl (C=O) groups is 1. The number of benzene rings is 1. The SMILES string of the molecule is Cc1cc(C(=O)Nc2ncccc2Cl)cc([N+](=O)[O-])c1. The molecule has 0 aliphatic rings. The van der Waals surface area contributed by atoms with Gasteiger partial charge in [-0.1, -0.05) is 11.6 Å². The zero-order valence-corrected chi connectivity index (χ0v) is 11.2. The van der Waals surface area contributed by atoms with Crippen LogP contribution < -0.4 is 5.32 Å². The van der Waals surface area contributed by atoms with E-state index in [1.807, 2.05) is 0 Å². The van der Waals surface area contributed by atoms with Crippen molar-refractivity contribution >= 4 is 29.0 Å². The summed E-state index contributed by atoms with van der Waals surface area (Å²) in [6.45, 7) is 1.68. The summed E-state index contributed by atoms with van der Waals surface area (Å²) < 4.78 is 0. The van der Waals surface area contributed by atoms with E-state index in [1.165, 1.54) is 18.3 Å². The van der Waals surface area contributed by atoms with Gasteiger partial charge in [0.15, 0.2) is 5.82 Å². The van der Waals surface area contributed by atoms with Gasteiger partial charge in [-0.05, 0) is 30.7 Å². The monoisotopic (exact) mass is 291 g/mol. The summed E-state index contributed by atoms with van der Waals surface area (Å²) in [5, 5.41) is 13.6. The normalized spacial score (nSPS) is 10.1. The molecule has 1 amide bonds. The van der Waals surface area contributed by atoms with Gasteiger partial charge >= 0.3 is 0 Å². The van der Waals surface area contributed by atoms with E-state index in [2.05, 4.69) is 10.3 Å². The molecule has 0 bridgehead atoms. The van der Waals surface area contributed by atoms with Crippen LogP contribution in [-0.2, 0) is 0 Å². The van der Waals surface area contributed by atoms with Gasteiger partial charge < -0.3 is 5.32 Å². The highest BCUT2D eigenvalue weighted by Gasteiger charge is 2.14. The number of carbonyl (C=O) groups excluding carboxylic acids is 1. The summed E-state index contributed by atoms with van der Waals surface area (Å²) in [5.74, 6) is -0.291. The average molecular weight is 292 g/mol. The molecule has 102 valence electrons. The number of aryl methyl sites for hydroxylation is 1. The van der Waals surface area contributed by atoms with Crippen molar-refractivity contribution in [3.05, 3.63) is 62.8 Å². The van der Waals surface area contributed by atoms with E-state index in [4.69, 9.17) is 11.6 Å². The molecular formula is C13H10ClN3O3. The number of anilines is 1. The smallest absolute Gasteiger partial charge is 0.270 e. The molecule has 0 atom stereocenters. The Labute approximate surface area is 119 Å². The maximum Gasteiger partial charge on any atom is 0.270 e. The molecule has 1 heterocycles. The number of aromatic nitrogens is 1. The first-order valence-electron chi connectivity index (χ1n) is 5.65. The molecule has 6 nitrogen and oxygen atoms in total. The second-order valence-electron chi connectivity index (χ2n) is 4.10. The molecule has 0 fully saturated rings. The fourth-order valence-corrected chi connectivity index (χ4v) is 1.83. The standard InChI is InChI=1S/C13H10ClN3O3/c1-8-5-9(7-10(6-8)17(19)20)13(18)16-12-11(14)3-2-4-15-12/h2-7H,1H3,(H,15,16,18). The van der Waals surface area contributed by atoms with Crippen LogP contribution in [-0.4, -0.2) is 15.8 Å². The van der Waals surface area contributed by atoms with E-state index in [0.717, 1.165) is 0 Å². The van der Waals surface area contributed by atoms with Crippen molar-refractivity contribution in [3.63, 3.8) is 0 Å². The molecule has 0 unspecified atom stereocenters. The fourth-order valence-electron chi connectivity index (χ4n) is 1.66. The Morgan fingerprint density at radius 1 is 1.40 bits per heavy atom. The molecule has 0 saturated carbocycles. The third-order valence-corrected chi connectivity index (χ3v) is 2.83. The lowest BCUT2D eigenvalue weighted by Gasteiger charge is -2.06. The Balaban J connectivity index is 2.30. The molecule has 7 heteroatoms. The first kappa shape index (κ1) is 14.0. The van der Waals surface area contributed by atoms with Crippen molar-refractivity contribution in [2.75, 3.05) is 5.32 Å². The second-order valence-corrected chi connectivity index (χ2v) is 4.51. The molecule has 0 radical (unpaired) electrons. The first-order chi connectivity index (χ1) is 9.47. The van der Waals surface area contributed by atoms with Crippen LogP contribution in [0.15, 0.2) is 36.5 Å². The van der Waals surface area contributed by atoms with E-state index < -0.39 is 10.8 Å². The van der Waals surface area contributed by atoms with Crippen molar-refractivity contribution in [2.24, 2.45) is 0 Å². The second kappa shape index (κ2) is 5.66. The number of nitro benzene ring substituents is 1. The summed E-state index contributed by atoms with van der Waals surface area (Å²) in [4.78, 5) is 26.2. The predicted molar refractivity (Wildman–Crippen MR) is 75.0 cm³/mol. The average Bonchev–Trinajstić information content (AvgIpc) is 2.40. The molecule has 2 aromatic rings.